The predicted octanol–water partition coefficient (Wildman–Crippen LogP) is 1.00. The molecule has 0 aromatic heterocycles. The minimum absolute atomic E-state index is 0.0160. The molecule has 2 aliphatic rings. The molecular formula is C17H24N2O6S2. The Bertz CT molecular complexity index is 773. The largest absolute Gasteiger partial charge is 0.486 e. The number of amides is 1. The van der Waals surface area contributed by atoms with Crippen LogP contribution in [0.15, 0.2) is 48.9 Å². The third-order valence-electron chi connectivity index (χ3n) is 4.30. The number of morpholine rings is 1. The molecule has 1 amide bonds. The highest BCUT2D eigenvalue weighted by Crippen LogP contribution is 2.28. The van der Waals surface area contributed by atoms with Crippen molar-refractivity contribution in [1.29, 1.82) is 0 Å². The summed E-state index contributed by atoms with van der Waals surface area (Å²) in [5, 5.41) is 0. The van der Waals surface area contributed by atoms with Crippen LogP contribution in [0.5, 0.6) is 0 Å². The summed E-state index contributed by atoms with van der Waals surface area (Å²) >= 11 is -2.26. The summed E-state index contributed by atoms with van der Waals surface area (Å²) in [6.45, 7) is 7.75. The second-order valence-electron chi connectivity index (χ2n) is 6.16. The molecule has 150 valence electrons. The Labute approximate surface area is 162 Å². The number of hydrogen-bond acceptors (Lipinski definition) is 5. The number of allylic oxidation sites excluding steroid dienone is 4. The fraction of sp³-hybridized carbons (Fsp3) is 0.471. The maximum absolute atomic E-state index is 12.3. The van der Waals surface area contributed by atoms with Crippen LogP contribution < -0.4 is 0 Å². The summed E-state index contributed by atoms with van der Waals surface area (Å²) in [5.74, 6) is 0.197. The highest BCUT2D eigenvalue weighted by Gasteiger charge is 2.32. The van der Waals surface area contributed by atoms with Crippen molar-refractivity contribution in [2.24, 2.45) is 0 Å². The molecule has 2 rings (SSSR count). The van der Waals surface area contributed by atoms with Crippen LogP contribution in [-0.2, 0) is 30.6 Å². The lowest BCUT2D eigenvalue weighted by atomic mass is 10.1. The Morgan fingerprint density at radius 1 is 1.26 bits per heavy atom. The van der Waals surface area contributed by atoms with Crippen LogP contribution in [0, 0.1) is 0 Å². The van der Waals surface area contributed by atoms with Gasteiger partial charge in [-0.1, -0.05) is 25.3 Å². The topological polar surface area (TPSA) is 104 Å². The van der Waals surface area contributed by atoms with Gasteiger partial charge in [-0.3, -0.25) is 13.7 Å². The third kappa shape index (κ3) is 5.78. The summed E-state index contributed by atoms with van der Waals surface area (Å²) in [5.41, 5.74) is 0.412. The number of ether oxygens (including phenoxy) is 1. The van der Waals surface area contributed by atoms with E-state index in [2.05, 4.69) is 13.2 Å². The lowest BCUT2D eigenvalue weighted by Crippen LogP contribution is -2.44. The first-order valence-corrected chi connectivity index (χ1v) is 11.3. The summed E-state index contributed by atoms with van der Waals surface area (Å²) in [6, 6.07) is 0. The lowest BCUT2D eigenvalue weighted by Gasteiger charge is -2.36. The van der Waals surface area contributed by atoms with E-state index in [4.69, 9.17) is 4.74 Å². The molecule has 0 aliphatic carbocycles. The number of hydrogen-bond donors (Lipinski definition) is 1. The molecule has 0 bridgehead atoms. The number of carbonyl (C=O) groups excluding carboxylic acids is 1. The van der Waals surface area contributed by atoms with E-state index in [1.807, 2.05) is 0 Å². The van der Waals surface area contributed by atoms with Crippen LogP contribution in [0.25, 0.3) is 0 Å². The van der Waals surface area contributed by atoms with Crippen LogP contribution in [0.1, 0.15) is 12.8 Å². The van der Waals surface area contributed by atoms with Crippen molar-refractivity contribution in [3.05, 3.63) is 48.9 Å². The minimum atomic E-state index is -3.04. The van der Waals surface area contributed by atoms with E-state index in [9.17, 15) is 22.0 Å². The van der Waals surface area contributed by atoms with Crippen LogP contribution in [0.2, 0.25) is 0 Å². The van der Waals surface area contributed by atoms with E-state index in [1.54, 1.807) is 12.2 Å². The van der Waals surface area contributed by atoms with Gasteiger partial charge in [-0.05, 0) is 18.6 Å². The van der Waals surface area contributed by atoms with Crippen molar-refractivity contribution in [2.45, 2.75) is 18.9 Å². The average Bonchev–Trinajstić information content (AvgIpc) is 2.61. The maximum Gasteiger partial charge on any atom is 0.262 e. The van der Waals surface area contributed by atoms with E-state index < -0.39 is 27.2 Å². The lowest BCUT2D eigenvalue weighted by molar-refractivity contribution is -0.131. The van der Waals surface area contributed by atoms with Crippen molar-refractivity contribution in [3.63, 3.8) is 0 Å². The molecule has 0 spiro atoms. The predicted molar refractivity (Wildman–Crippen MR) is 103 cm³/mol. The third-order valence-corrected chi connectivity index (χ3v) is 6.63. The van der Waals surface area contributed by atoms with Gasteiger partial charge in [0.15, 0.2) is 9.84 Å². The number of rotatable bonds is 6. The molecular weight excluding hydrogens is 392 g/mol. The zero-order valence-corrected chi connectivity index (χ0v) is 16.6. The van der Waals surface area contributed by atoms with Gasteiger partial charge in [-0.15, -0.1) is 0 Å². The molecule has 0 aromatic carbocycles. The van der Waals surface area contributed by atoms with Gasteiger partial charge in [-0.25, -0.2) is 12.6 Å². The Morgan fingerprint density at radius 3 is 2.44 bits per heavy atom. The summed E-state index contributed by atoms with van der Waals surface area (Å²) < 4.78 is 51.3. The first-order valence-electron chi connectivity index (χ1n) is 8.46. The SMILES string of the molecule is C=C/C=C1/OC(CCC(=O)N2CCS(=O)(=O)CC2)CN(S(=O)O)/C1=C/C=C. The second kappa shape index (κ2) is 9.34. The van der Waals surface area contributed by atoms with Crippen molar-refractivity contribution in [3.8, 4) is 0 Å². The van der Waals surface area contributed by atoms with E-state index in [1.165, 1.54) is 21.4 Å². The maximum atomic E-state index is 12.3. The Hall–Kier alpha value is -1.91. The molecule has 2 heterocycles. The zero-order chi connectivity index (χ0) is 20.0. The molecule has 8 nitrogen and oxygen atoms in total. The molecule has 2 unspecified atom stereocenters. The van der Waals surface area contributed by atoms with Crippen LogP contribution in [-0.4, -0.2) is 69.5 Å². The molecule has 2 fully saturated rings. The van der Waals surface area contributed by atoms with Crippen molar-refractivity contribution in [2.75, 3.05) is 31.1 Å². The second-order valence-corrected chi connectivity index (χ2v) is 9.36. The smallest absolute Gasteiger partial charge is 0.262 e. The van der Waals surface area contributed by atoms with Crippen LogP contribution in [0.4, 0.5) is 0 Å². The normalized spacial score (nSPS) is 26.5. The van der Waals surface area contributed by atoms with E-state index in [0.717, 1.165) is 0 Å². The first kappa shape index (κ1) is 21.4. The van der Waals surface area contributed by atoms with Gasteiger partial charge in [0, 0.05) is 19.5 Å². The minimum Gasteiger partial charge on any atom is -0.486 e. The summed E-state index contributed by atoms with van der Waals surface area (Å²) in [7, 11) is -3.04. The Morgan fingerprint density at radius 2 is 1.89 bits per heavy atom. The highest BCUT2D eigenvalue weighted by atomic mass is 32.2. The van der Waals surface area contributed by atoms with Gasteiger partial charge in [0.05, 0.1) is 23.7 Å². The zero-order valence-electron chi connectivity index (χ0n) is 15.0. The van der Waals surface area contributed by atoms with Gasteiger partial charge in [-0.2, -0.15) is 0 Å². The van der Waals surface area contributed by atoms with E-state index in [0.29, 0.717) is 17.9 Å². The monoisotopic (exact) mass is 416 g/mol. The van der Waals surface area contributed by atoms with Gasteiger partial charge in [0.1, 0.15) is 11.9 Å². The summed E-state index contributed by atoms with van der Waals surface area (Å²) in [6.07, 6.45) is 6.18. The number of carbonyl (C=O) groups is 1. The van der Waals surface area contributed by atoms with Crippen molar-refractivity contribution >= 4 is 27.0 Å². The average molecular weight is 417 g/mol. The molecule has 0 aromatic rings. The standard InChI is InChI=1S/C17H24N2O6S2/c1-3-5-15-16(6-4-2)25-14(13-19(15)26(21)22)7-8-17(20)18-9-11-27(23,24)12-10-18/h3-6,14H,1-2,7-13H2,(H,21,22)/b15-5+,16-6+. The van der Waals surface area contributed by atoms with E-state index >= 15 is 0 Å². The molecule has 2 atom stereocenters. The van der Waals surface area contributed by atoms with Gasteiger partial charge < -0.3 is 9.64 Å². The number of nitrogens with zero attached hydrogens (tertiary/aromatic N) is 2. The molecule has 0 radical (unpaired) electrons. The fourth-order valence-corrected chi connectivity index (χ4v) is 4.71. The van der Waals surface area contributed by atoms with Crippen LogP contribution in [0.3, 0.4) is 0 Å². The Balaban J connectivity index is 2.02. The molecule has 1 N–H and O–H groups in total. The molecule has 2 aliphatic heterocycles. The molecule has 27 heavy (non-hydrogen) atoms. The van der Waals surface area contributed by atoms with Gasteiger partial charge >= 0.3 is 0 Å². The molecule has 10 heteroatoms. The Kier molecular flexibility index (Phi) is 7.40. The van der Waals surface area contributed by atoms with Gasteiger partial charge in [0.2, 0.25) is 5.91 Å². The molecule has 0 saturated carbocycles. The van der Waals surface area contributed by atoms with Crippen LogP contribution >= 0.6 is 0 Å². The van der Waals surface area contributed by atoms with E-state index in [-0.39, 0.29) is 43.5 Å². The highest BCUT2D eigenvalue weighted by molar-refractivity contribution is 7.91. The van der Waals surface area contributed by atoms with Gasteiger partial charge in [0.25, 0.3) is 11.3 Å². The summed E-state index contributed by atoms with van der Waals surface area (Å²) in [4.78, 5) is 13.9. The first-order chi connectivity index (χ1) is 12.8. The number of sulfone groups is 1. The fourth-order valence-electron chi connectivity index (χ4n) is 2.89. The molecule has 2 saturated heterocycles. The van der Waals surface area contributed by atoms with Crippen molar-refractivity contribution < 1.29 is 26.7 Å². The van der Waals surface area contributed by atoms with Crippen molar-refractivity contribution in [1.82, 2.24) is 9.21 Å². The quantitative estimate of drug-likeness (QED) is 0.648.